The Morgan fingerprint density at radius 2 is 1.39 bits per heavy atom. The summed E-state index contributed by atoms with van der Waals surface area (Å²) in [7, 11) is 0. The third-order valence-corrected chi connectivity index (χ3v) is 3.72. The Kier molecular flexibility index (Phi) is 8.45. The summed E-state index contributed by atoms with van der Waals surface area (Å²) in [5, 5.41) is 10.5. The standard InChI is InChI=1S/C20H23FN4O3/c21-17-8-4-5-15(13-17)14-18(26)22-9-11-24-20(28)25-12-10-23-19(27)16-6-2-1-3-7-16/h1-8,13H,9-12,14H2,(H,22,26)(H,23,27)(H2,24,25,28). The summed E-state index contributed by atoms with van der Waals surface area (Å²) in [6.07, 6.45) is 0.0745. The van der Waals surface area contributed by atoms with Crippen molar-refractivity contribution in [1.29, 1.82) is 0 Å². The molecule has 0 radical (unpaired) electrons. The van der Waals surface area contributed by atoms with Gasteiger partial charge in [-0.15, -0.1) is 0 Å². The van der Waals surface area contributed by atoms with Gasteiger partial charge < -0.3 is 21.3 Å². The van der Waals surface area contributed by atoms with Crippen molar-refractivity contribution in [2.45, 2.75) is 6.42 Å². The van der Waals surface area contributed by atoms with E-state index in [0.29, 0.717) is 17.7 Å². The molecule has 8 heteroatoms. The first kappa shape index (κ1) is 20.9. The number of amides is 4. The highest BCUT2D eigenvalue weighted by atomic mass is 19.1. The number of urea groups is 1. The quantitative estimate of drug-likeness (QED) is 0.488. The average Bonchev–Trinajstić information content (AvgIpc) is 2.69. The van der Waals surface area contributed by atoms with Crippen LogP contribution in [0.1, 0.15) is 15.9 Å². The van der Waals surface area contributed by atoms with Gasteiger partial charge in [0, 0.05) is 31.7 Å². The summed E-state index contributed by atoms with van der Waals surface area (Å²) < 4.78 is 13.1. The molecule has 0 atom stereocenters. The van der Waals surface area contributed by atoms with Crippen molar-refractivity contribution >= 4 is 17.8 Å². The number of carbonyl (C=O) groups is 3. The number of hydrogen-bond donors (Lipinski definition) is 4. The van der Waals surface area contributed by atoms with E-state index in [2.05, 4.69) is 21.3 Å². The summed E-state index contributed by atoms with van der Waals surface area (Å²) in [6, 6.07) is 14.2. The van der Waals surface area contributed by atoms with Crippen LogP contribution in [0, 0.1) is 5.82 Å². The first-order valence-electron chi connectivity index (χ1n) is 8.90. The van der Waals surface area contributed by atoms with E-state index in [0.717, 1.165) is 0 Å². The summed E-state index contributed by atoms with van der Waals surface area (Å²) in [4.78, 5) is 35.2. The van der Waals surface area contributed by atoms with E-state index in [4.69, 9.17) is 0 Å². The minimum atomic E-state index is -0.395. The predicted molar refractivity (Wildman–Crippen MR) is 103 cm³/mol. The van der Waals surface area contributed by atoms with Crippen LogP contribution in [0.4, 0.5) is 9.18 Å². The van der Waals surface area contributed by atoms with Crippen molar-refractivity contribution in [2.75, 3.05) is 26.2 Å². The zero-order valence-corrected chi connectivity index (χ0v) is 15.3. The second-order valence-electron chi connectivity index (χ2n) is 5.96. The third kappa shape index (κ3) is 7.86. The van der Waals surface area contributed by atoms with Crippen LogP contribution in [-0.4, -0.2) is 44.0 Å². The second-order valence-corrected chi connectivity index (χ2v) is 5.96. The van der Waals surface area contributed by atoms with Crippen molar-refractivity contribution in [3.63, 3.8) is 0 Å². The van der Waals surface area contributed by atoms with E-state index in [1.807, 2.05) is 6.07 Å². The van der Waals surface area contributed by atoms with Gasteiger partial charge in [-0.2, -0.15) is 0 Å². The monoisotopic (exact) mass is 386 g/mol. The molecule has 0 saturated carbocycles. The SMILES string of the molecule is O=C(Cc1cccc(F)c1)NCCNC(=O)NCCNC(=O)c1ccccc1. The van der Waals surface area contributed by atoms with Gasteiger partial charge in [-0.3, -0.25) is 9.59 Å². The van der Waals surface area contributed by atoms with Gasteiger partial charge in [-0.1, -0.05) is 30.3 Å². The average molecular weight is 386 g/mol. The maximum absolute atomic E-state index is 13.1. The van der Waals surface area contributed by atoms with E-state index >= 15 is 0 Å². The normalized spacial score (nSPS) is 10.0. The lowest BCUT2D eigenvalue weighted by atomic mass is 10.1. The number of halogens is 1. The fourth-order valence-corrected chi connectivity index (χ4v) is 2.38. The third-order valence-electron chi connectivity index (χ3n) is 3.72. The number of nitrogens with one attached hydrogen (secondary N) is 4. The minimum Gasteiger partial charge on any atom is -0.354 e. The van der Waals surface area contributed by atoms with Gasteiger partial charge >= 0.3 is 6.03 Å². The van der Waals surface area contributed by atoms with Crippen LogP contribution in [0.2, 0.25) is 0 Å². The second kappa shape index (κ2) is 11.3. The van der Waals surface area contributed by atoms with Crippen molar-refractivity contribution < 1.29 is 18.8 Å². The van der Waals surface area contributed by atoms with Crippen molar-refractivity contribution in [3.8, 4) is 0 Å². The molecule has 2 aromatic carbocycles. The van der Waals surface area contributed by atoms with Crippen LogP contribution in [-0.2, 0) is 11.2 Å². The lowest BCUT2D eigenvalue weighted by Crippen LogP contribution is -2.43. The first-order valence-corrected chi connectivity index (χ1v) is 8.90. The molecule has 28 heavy (non-hydrogen) atoms. The fraction of sp³-hybridized carbons (Fsp3) is 0.250. The number of carbonyl (C=O) groups excluding carboxylic acids is 3. The summed E-state index contributed by atoms with van der Waals surface area (Å²) in [6.45, 7) is 1.07. The Labute approximate surface area is 162 Å². The van der Waals surface area contributed by atoms with Gasteiger partial charge in [0.15, 0.2) is 0 Å². The van der Waals surface area contributed by atoms with Crippen molar-refractivity contribution in [1.82, 2.24) is 21.3 Å². The van der Waals surface area contributed by atoms with Gasteiger partial charge in [-0.05, 0) is 29.8 Å². The van der Waals surface area contributed by atoms with Crippen LogP contribution in [0.25, 0.3) is 0 Å². The Bertz CT molecular complexity index is 799. The van der Waals surface area contributed by atoms with Gasteiger partial charge in [0.25, 0.3) is 5.91 Å². The maximum Gasteiger partial charge on any atom is 0.314 e. The smallest absolute Gasteiger partial charge is 0.314 e. The summed E-state index contributed by atoms with van der Waals surface area (Å²) in [5.74, 6) is -0.844. The highest BCUT2D eigenvalue weighted by Crippen LogP contribution is 2.03. The predicted octanol–water partition coefficient (Wildman–Crippen LogP) is 1.21. The molecule has 0 unspecified atom stereocenters. The Balaban J connectivity index is 1.51. The molecule has 148 valence electrons. The largest absolute Gasteiger partial charge is 0.354 e. The molecule has 2 rings (SSSR count). The Morgan fingerprint density at radius 3 is 2.07 bits per heavy atom. The maximum atomic E-state index is 13.1. The molecule has 0 fully saturated rings. The number of benzene rings is 2. The molecule has 4 amide bonds. The lowest BCUT2D eigenvalue weighted by molar-refractivity contribution is -0.120. The molecule has 0 heterocycles. The van der Waals surface area contributed by atoms with Gasteiger partial charge in [0.05, 0.1) is 6.42 Å². The van der Waals surface area contributed by atoms with E-state index < -0.39 is 6.03 Å². The van der Waals surface area contributed by atoms with Crippen molar-refractivity contribution in [3.05, 3.63) is 71.5 Å². The van der Waals surface area contributed by atoms with Gasteiger partial charge in [0.1, 0.15) is 5.82 Å². The van der Waals surface area contributed by atoms with Gasteiger partial charge in [0.2, 0.25) is 5.91 Å². The molecule has 7 nitrogen and oxygen atoms in total. The highest BCUT2D eigenvalue weighted by Gasteiger charge is 2.05. The molecule has 0 spiro atoms. The topological polar surface area (TPSA) is 99.3 Å². The molecular formula is C20H23FN4O3. The zero-order valence-electron chi connectivity index (χ0n) is 15.3. The van der Waals surface area contributed by atoms with Crippen LogP contribution in [0.5, 0.6) is 0 Å². The summed E-state index contributed by atoms with van der Waals surface area (Å²) >= 11 is 0. The van der Waals surface area contributed by atoms with Gasteiger partial charge in [-0.25, -0.2) is 9.18 Å². The highest BCUT2D eigenvalue weighted by molar-refractivity contribution is 5.94. The molecule has 2 aromatic rings. The Morgan fingerprint density at radius 1 is 0.750 bits per heavy atom. The fourth-order valence-electron chi connectivity index (χ4n) is 2.38. The van der Waals surface area contributed by atoms with Crippen molar-refractivity contribution in [2.24, 2.45) is 0 Å². The molecule has 0 saturated heterocycles. The summed E-state index contributed by atoms with van der Waals surface area (Å²) in [5.41, 5.74) is 1.14. The van der Waals surface area contributed by atoms with E-state index in [-0.39, 0.29) is 43.7 Å². The van der Waals surface area contributed by atoms with E-state index in [9.17, 15) is 18.8 Å². The number of rotatable bonds is 9. The van der Waals surface area contributed by atoms with Crippen LogP contribution >= 0.6 is 0 Å². The lowest BCUT2D eigenvalue weighted by Gasteiger charge is -2.09. The number of hydrogen-bond acceptors (Lipinski definition) is 3. The van der Waals surface area contributed by atoms with Crippen LogP contribution < -0.4 is 21.3 Å². The first-order chi connectivity index (χ1) is 13.5. The zero-order chi connectivity index (χ0) is 20.2. The van der Waals surface area contributed by atoms with E-state index in [1.54, 1.807) is 36.4 Å². The molecule has 0 aliphatic carbocycles. The van der Waals surface area contributed by atoms with E-state index in [1.165, 1.54) is 12.1 Å². The molecule has 0 aliphatic heterocycles. The van der Waals surface area contributed by atoms with Crippen LogP contribution in [0.3, 0.4) is 0 Å². The molecule has 0 bridgehead atoms. The molecular weight excluding hydrogens is 363 g/mol. The molecule has 4 N–H and O–H groups in total. The molecule has 0 aromatic heterocycles. The molecule has 0 aliphatic rings. The van der Waals surface area contributed by atoms with Crippen LogP contribution in [0.15, 0.2) is 54.6 Å². The minimum absolute atomic E-state index is 0.0745. The Hall–Kier alpha value is -3.42.